The SMILES string of the molecule is C=CC(CCCCCCCC(=O)OC)NCc1ccccc1. The molecule has 0 spiro atoms. The van der Waals surface area contributed by atoms with Crippen LogP contribution in [0.15, 0.2) is 43.0 Å². The Morgan fingerprint density at radius 2 is 1.86 bits per heavy atom. The van der Waals surface area contributed by atoms with E-state index in [2.05, 4.69) is 40.9 Å². The van der Waals surface area contributed by atoms with Crippen molar-refractivity contribution in [1.82, 2.24) is 5.32 Å². The molecule has 3 nitrogen and oxygen atoms in total. The number of esters is 1. The van der Waals surface area contributed by atoms with E-state index in [-0.39, 0.29) is 5.97 Å². The summed E-state index contributed by atoms with van der Waals surface area (Å²) in [5, 5.41) is 3.53. The second-order valence-electron chi connectivity index (χ2n) is 5.59. The topological polar surface area (TPSA) is 38.3 Å². The zero-order valence-electron chi connectivity index (χ0n) is 13.7. The van der Waals surface area contributed by atoms with Gasteiger partial charge in [-0.15, -0.1) is 6.58 Å². The van der Waals surface area contributed by atoms with Crippen molar-refractivity contribution in [2.24, 2.45) is 0 Å². The fourth-order valence-electron chi connectivity index (χ4n) is 2.41. The maximum absolute atomic E-state index is 11.0. The van der Waals surface area contributed by atoms with Gasteiger partial charge in [-0.3, -0.25) is 4.79 Å². The Kier molecular flexibility index (Phi) is 10.0. The van der Waals surface area contributed by atoms with E-state index in [1.54, 1.807) is 0 Å². The second-order valence-corrected chi connectivity index (χ2v) is 5.59. The molecule has 1 unspecified atom stereocenters. The normalized spacial score (nSPS) is 11.9. The van der Waals surface area contributed by atoms with Gasteiger partial charge in [-0.2, -0.15) is 0 Å². The molecule has 0 radical (unpaired) electrons. The Morgan fingerprint density at radius 3 is 2.55 bits per heavy atom. The van der Waals surface area contributed by atoms with E-state index in [9.17, 15) is 4.79 Å². The van der Waals surface area contributed by atoms with Crippen molar-refractivity contribution >= 4 is 5.97 Å². The molecular formula is C19H29NO2. The summed E-state index contributed by atoms with van der Waals surface area (Å²) in [6.45, 7) is 4.80. The lowest BCUT2D eigenvalue weighted by molar-refractivity contribution is -0.140. The molecule has 1 aromatic rings. The quantitative estimate of drug-likeness (QED) is 0.357. The predicted octanol–water partition coefficient (Wildman–Crippen LogP) is 4.23. The lowest BCUT2D eigenvalue weighted by Gasteiger charge is -2.14. The fraction of sp³-hybridized carbons (Fsp3) is 0.526. The molecule has 0 aliphatic carbocycles. The molecule has 0 aromatic heterocycles. The minimum atomic E-state index is -0.100. The number of rotatable bonds is 12. The average Bonchev–Trinajstić information content (AvgIpc) is 2.57. The summed E-state index contributed by atoms with van der Waals surface area (Å²) >= 11 is 0. The van der Waals surface area contributed by atoms with E-state index in [1.165, 1.54) is 31.9 Å². The lowest BCUT2D eigenvalue weighted by Crippen LogP contribution is -2.26. The van der Waals surface area contributed by atoms with Crippen molar-refractivity contribution in [1.29, 1.82) is 0 Å². The van der Waals surface area contributed by atoms with Crippen molar-refractivity contribution in [3.8, 4) is 0 Å². The first-order chi connectivity index (χ1) is 10.8. The third-order valence-corrected chi connectivity index (χ3v) is 3.82. The maximum Gasteiger partial charge on any atom is 0.305 e. The fourth-order valence-corrected chi connectivity index (χ4v) is 2.41. The van der Waals surface area contributed by atoms with Crippen LogP contribution in [0.5, 0.6) is 0 Å². The van der Waals surface area contributed by atoms with Crippen LogP contribution < -0.4 is 5.32 Å². The molecule has 122 valence electrons. The second kappa shape index (κ2) is 12.0. The highest BCUT2D eigenvalue weighted by Crippen LogP contribution is 2.10. The molecule has 0 aliphatic rings. The summed E-state index contributed by atoms with van der Waals surface area (Å²) in [6, 6.07) is 10.8. The van der Waals surface area contributed by atoms with E-state index >= 15 is 0 Å². The van der Waals surface area contributed by atoms with Gasteiger partial charge in [0.05, 0.1) is 7.11 Å². The van der Waals surface area contributed by atoms with E-state index in [1.807, 2.05) is 12.1 Å². The molecule has 0 saturated heterocycles. The summed E-state index contributed by atoms with van der Waals surface area (Å²) < 4.78 is 4.63. The number of hydrogen-bond acceptors (Lipinski definition) is 3. The van der Waals surface area contributed by atoms with Crippen LogP contribution in [0, 0.1) is 0 Å². The standard InChI is InChI=1S/C19H29NO2/c1-3-18(20-16-17-12-8-7-9-13-17)14-10-5-4-6-11-15-19(21)22-2/h3,7-9,12-13,18,20H,1,4-6,10-11,14-16H2,2H3. The zero-order valence-corrected chi connectivity index (χ0v) is 13.7. The van der Waals surface area contributed by atoms with Crippen molar-refractivity contribution < 1.29 is 9.53 Å². The van der Waals surface area contributed by atoms with Crippen LogP contribution in [0.3, 0.4) is 0 Å². The first kappa shape index (κ1) is 18.4. The van der Waals surface area contributed by atoms with Gasteiger partial charge in [0, 0.05) is 19.0 Å². The lowest BCUT2D eigenvalue weighted by atomic mass is 10.1. The van der Waals surface area contributed by atoms with Crippen molar-refractivity contribution in [2.45, 2.75) is 57.5 Å². The molecule has 0 amide bonds. The molecular weight excluding hydrogens is 274 g/mol. The number of carbonyl (C=O) groups excluding carboxylic acids is 1. The van der Waals surface area contributed by atoms with Gasteiger partial charge in [0.1, 0.15) is 0 Å². The van der Waals surface area contributed by atoms with Gasteiger partial charge in [0.25, 0.3) is 0 Å². The first-order valence-corrected chi connectivity index (χ1v) is 8.23. The highest BCUT2D eigenvalue weighted by molar-refractivity contribution is 5.68. The number of nitrogens with one attached hydrogen (secondary N) is 1. The Bertz CT molecular complexity index is 417. The Labute approximate surface area is 134 Å². The van der Waals surface area contributed by atoms with Crippen LogP contribution in [-0.2, 0) is 16.1 Å². The molecule has 1 N–H and O–H groups in total. The highest BCUT2D eigenvalue weighted by Gasteiger charge is 2.04. The molecule has 1 rings (SSSR count). The molecule has 1 aromatic carbocycles. The number of ether oxygens (including phenoxy) is 1. The molecule has 0 fully saturated rings. The van der Waals surface area contributed by atoms with E-state index in [0.29, 0.717) is 12.5 Å². The van der Waals surface area contributed by atoms with Gasteiger partial charge >= 0.3 is 5.97 Å². The number of carbonyl (C=O) groups is 1. The molecule has 3 heteroatoms. The summed E-state index contributed by atoms with van der Waals surface area (Å²) in [5.74, 6) is -0.100. The van der Waals surface area contributed by atoms with Gasteiger partial charge in [-0.05, 0) is 18.4 Å². The predicted molar refractivity (Wildman–Crippen MR) is 91.6 cm³/mol. The minimum Gasteiger partial charge on any atom is -0.469 e. The number of unbranched alkanes of at least 4 members (excludes halogenated alkanes) is 4. The van der Waals surface area contributed by atoms with Crippen LogP contribution in [0.4, 0.5) is 0 Å². The molecule has 0 aliphatic heterocycles. The van der Waals surface area contributed by atoms with Gasteiger partial charge < -0.3 is 10.1 Å². The van der Waals surface area contributed by atoms with Gasteiger partial charge in [0.2, 0.25) is 0 Å². The largest absolute Gasteiger partial charge is 0.469 e. The molecule has 0 bridgehead atoms. The van der Waals surface area contributed by atoms with Crippen LogP contribution in [0.25, 0.3) is 0 Å². The van der Waals surface area contributed by atoms with Crippen molar-refractivity contribution in [3.63, 3.8) is 0 Å². The Hall–Kier alpha value is -1.61. The molecule has 0 heterocycles. The highest BCUT2D eigenvalue weighted by atomic mass is 16.5. The monoisotopic (exact) mass is 303 g/mol. The minimum absolute atomic E-state index is 0.100. The first-order valence-electron chi connectivity index (χ1n) is 8.23. The number of hydrogen-bond donors (Lipinski definition) is 1. The van der Waals surface area contributed by atoms with Gasteiger partial charge in [-0.1, -0.05) is 62.1 Å². The third-order valence-electron chi connectivity index (χ3n) is 3.82. The summed E-state index contributed by atoms with van der Waals surface area (Å²) in [5.41, 5.74) is 1.30. The average molecular weight is 303 g/mol. The Balaban J connectivity index is 2.04. The zero-order chi connectivity index (χ0) is 16.0. The smallest absolute Gasteiger partial charge is 0.305 e. The van der Waals surface area contributed by atoms with E-state index in [4.69, 9.17) is 0 Å². The summed E-state index contributed by atoms with van der Waals surface area (Å²) in [4.78, 5) is 11.0. The maximum atomic E-state index is 11.0. The van der Waals surface area contributed by atoms with Crippen LogP contribution >= 0.6 is 0 Å². The Morgan fingerprint density at radius 1 is 1.18 bits per heavy atom. The summed E-state index contributed by atoms with van der Waals surface area (Å²) in [6.07, 6.45) is 9.28. The van der Waals surface area contributed by atoms with E-state index < -0.39 is 0 Å². The summed E-state index contributed by atoms with van der Waals surface area (Å²) in [7, 11) is 1.44. The van der Waals surface area contributed by atoms with Crippen molar-refractivity contribution in [2.75, 3.05) is 7.11 Å². The van der Waals surface area contributed by atoms with Crippen LogP contribution in [0.1, 0.15) is 50.5 Å². The van der Waals surface area contributed by atoms with Gasteiger partial charge in [-0.25, -0.2) is 0 Å². The number of methoxy groups -OCH3 is 1. The molecule has 22 heavy (non-hydrogen) atoms. The van der Waals surface area contributed by atoms with E-state index in [0.717, 1.165) is 25.8 Å². The van der Waals surface area contributed by atoms with Crippen LogP contribution in [0.2, 0.25) is 0 Å². The molecule has 1 atom stereocenters. The molecule has 0 saturated carbocycles. The number of benzene rings is 1. The van der Waals surface area contributed by atoms with Gasteiger partial charge in [0.15, 0.2) is 0 Å². The van der Waals surface area contributed by atoms with Crippen molar-refractivity contribution in [3.05, 3.63) is 48.6 Å². The van der Waals surface area contributed by atoms with Crippen LogP contribution in [-0.4, -0.2) is 19.1 Å². The third kappa shape index (κ3) is 8.63.